The van der Waals surface area contributed by atoms with Gasteiger partial charge in [0.25, 0.3) is 0 Å². The molecule has 0 atom stereocenters. The van der Waals surface area contributed by atoms with Crippen LogP contribution in [0.25, 0.3) is 0 Å². The molecule has 0 bridgehead atoms. The van der Waals surface area contributed by atoms with Gasteiger partial charge in [0.2, 0.25) is 0 Å². The predicted octanol–water partition coefficient (Wildman–Crippen LogP) is 2.65. The Balaban J connectivity index is 1.65. The third-order valence-electron chi connectivity index (χ3n) is 4.96. The van der Waals surface area contributed by atoms with E-state index in [4.69, 9.17) is 0 Å². The molecule has 1 aromatic heterocycles. The van der Waals surface area contributed by atoms with Crippen molar-refractivity contribution >= 4 is 29.9 Å². The third-order valence-corrected chi connectivity index (χ3v) is 7.28. The first kappa shape index (κ1) is 21.0. The molecule has 0 saturated carbocycles. The van der Waals surface area contributed by atoms with Gasteiger partial charge < -0.3 is 0 Å². The van der Waals surface area contributed by atoms with Crippen molar-refractivity contribution in [1.82, 2.24) is 20.3 Å². The number of amides is 1. The van der Waals surface area contributed by atoms with Gasteiger partial charge in [-0.3, -0.25) is 0 Å². The molecule has 0 saturated heterocycles. The van der Waals surface area contributed by atoms with Gasteiger partial charge in [-0.1, -0.05) is 0 Å². The number of carbonyl (C=O) groups excluding carboxylic acids is 1. The molecule has 1 heterocycles. The van der Waals surface area contributed by atoms with Crippen molar-refractivity contribution in [2.75, 3.05) is 0 Å². The summed E-state index contributed by atoms with van der Waals surface area (Å²) in [4.78, 5) is 13.3. The normalized spacial score (nSPS) is 11.3. The average molecular weight is 475 g/mol. The average Bonchev–Trinajstić information content (AvgIpc) is 3.17. The van der Waals surface area contributed by atoms with E-state index in [-0.39, 0.29) is 20.9 Å². The fourth-order valence-electron chi connectivity index (χ4n) is 3.28. The minimum atomic E-state index is -0.529. The van der Waals surface area contributed by atoms with Crippen LogP contribution in [0.15, 0.2) is 91.0 Å². The summed E-state index contributed by atoms with van der Waals surface area (Å²) in [6, 6.07) is 30.2. The van der Waals surface area contributed by atoms with E-state index in [1.54, 1.807) is 0 Å². The van der Waals surface area contributed by atoms with Crippen molar-refractivity contribution in [3.63, 3.8) is 0 Å². The molecule has 0 aliphatic carbocycles. The summed E-state index contributed by atoms with van der Waals surface area (Å²) in [5, 5.41) is 11.8. The fourth-order valence-corrected chi connectivity index (χ4v) is 5.28. The van der Waals surface area contributed by atoms with Crippen molar-refractivity contribution in [2.45, 2.75) is 25.9 Å². The molecule has 0 spiro atoms. The summed E-state index contributed by atoms with van der Waals surface area (Å²) in [5.41, 5.74) is 2.02. The van der Waals surface area contributed by atoms with Crippen molar-refractivity contribution < 1.29 is 4.79 Å². The molecule has 0 fully saturated rings. The molecule has 6 heteroatoms. The number of aromatic nitrogens is 3. The van der Waals surface area contributed by atoms with Crippen LogP contribution in [0.2, 0.25) is 0 Å². The molecule has 0 aliphatic rings. The summed E-state index contributed by atoms with van der Waals surface area (Å²) in [7, 11) is 0. The van der Waals surface area contributed by atoms with Crippen molar-refractivity contribution in [3.05, 3.63) is 108 Å². The first-order valence-electron chi connectivity index (χ1n) is 10.1. The number of nitrogens with zero attached hydrogens (tertiary/aromatic N) is 3. The molecular formula is C25H24N4OSe. The van der Waals surface area contributed by atoms with Crippen LogP contribution in [0.5, 0.6) is 0 Å². The molecule has 31 heavy (non-hydrogen) atoms. The van der Waals surface area contributed by atoms with Gasteiger partial charge in [-0.05, 0) is 0 Å². The van der Waals surface area contributed by atoms with E-state index >= 15 is 0 Å². The van der Waals surface area contributed by atoms with Crippen LogP contribution in [0, 0.1) is 0 Å². The third kappa shape index (κ3) is 5.10. The second kappa shape index (κ2) is 9.29. The van der Waals surface area contributed by atoms with E-state index in [0.29, 0.717) is 12.2 Å². The predicted molar refractivity (Wildman–Crippen MR) is 124 cm³/mol. The van der Waals surface area contributed by atoms with E-state index < -0.39 is 5.54 Å². The molecule has 0 radical (unpaired) electrons. The quantitative estimate of drug-likeness (QED) is 0.418. The zero-order valence-electron chi connectivity index (χ0n) is 17.5. The Kier molecular flexibility index (Phi) is 6.31. The summed E-state index contributed by atoms with van der Waals surface area (Å²) in [5.74, 6) is -0.207. The molecule has 0 unspecified atom stereocenters. The van der Waals surface area contributed by atoms with Gasteiger partial charge in [-0.15, -0.1) is 0 Å². The molecule has 4 aromatic rings. The van der Waals surface area contributed by atoms with Crippen molar-refractivity contribution in [1.29, 1.82) is 0 Å². The SMILES string of the molecule is CC(C)(NC(=O)c1nnn(Cc2ccccc2)c1[Se]c1ccccc1)c1ccccc1. The number of rotatable bonds is 7. The number of hydrogen-bond donors (Lipinski definition) is 1. The molecular weight excluding hydrogens is 451 g/mol. The van der Waals surface area contributed by atoms with Gasteiger partial charge in [0, 0.05) is 0 Å². The van der Waals surface area contributed by atoms with Gasteiger partial charge in [-0.25, -0.2) is 0 Å². The Bertz CT molecular complexity index is 1140. The van der Waals surface area contributed by atoms with Gasteiger partial charge in [-0.2, -0.15) is 0 Å². The molecule has 1 N–H and O–H groups in total. The van der Waals surface area contributed by atoms with E-state index in [9.17, 15) is 4.79 Å². The summed E-state index contributed by atoms with van der Waals surface area (Å²) in [6.07, 6.45) is 0. The zero-order valence-corrected chi connectivity index (χ0v) is 19.2. The number of benzene rings is 3. The standard InChI is InChI=1S/C25H24N4OSe/c1-25(2,20-14-8-4-9-15-20)26-23(30)22-24(31-21-16-10-5-11-17-21)29(28-27-22)18-19-12-6-3-7-13-19/h3-17H,18H2,1-2H3,(H,26,30). The number of hydrogen-bond acceptors (Lipinski definition) is 3. The fraction of sp³-hybridized carbons (Fsp3) is 0.160. The molecule has 0 aliphatic heterocycles. The van der Waals surface area contributed by atoms with Crippen LogP contribution in [-0.4, -0.2) is 35.9 Å². The van der Waals surface area contributed by atoms with Crippen LogP contribution < -0.4 is 14.4 Å². The van der Waals surface area contributed by atoms with Gasteiger partial charge >= 0.3 is 189 Å². The number of nitrogens with one attached hydrogen (secondary N) is 1. The Morgan fingerprint density at radius 3 is 2.13 bits per heavy atom. The van der Waals surface area contributed by atoms with Crippen LogP contribution in [0.3, 0.4) is 0 Å². The minimum absolute atomic E-state index is 0.108. The Labute approximate surface area is 188 Å². The van der Waals surface area contributed by atoms with Crippen LogP contribution in [0.4, 0.5) is 0 Å². The van der Waals surface area contributed by atoms with Gasteiger partial charge in [0.15, 0.2) is 0 Å². The molecule has 3 aromatic carbocycles. The zero-order chi connectivity index (χ0) is 21.7. The van der Waals surface area contributed by atoms with Crippen molar-refractivity contribution in [2.24, 2.45) is 0 Å². The summed E-state index contributed by atoms with van der Waals surface area (Å²) < 4.78 is 3.89. The van der Waals surface area contributed by atoms with Gasteiger partial charge in [0.05, 0.1) is 0 Å². The second-order valence-electron chi connectivity index (χ2n) is 7.75. The van der Waals surface area contributed by atoms with Crippen LogP contribution in [0.1, 0.15) is 35.5 Å². The first-order valence-corrected chi connectivity index (χ1v) is 11.8. The molecule has 4 rings (SSSR count). The Morgan fingerprint density at radius 2 is 1.48 bits per heavy atom. The second-order valence-corrected chi connectivity index (χ2v) is 9.98. The summed E-state index contributed by atoms with van der Waals surface area (Å²) >= 11 is -0.108. The summed E-state index contributed by atoms with van der Waals surface area (Å²) in [6.45, 7) is 4.57. The van der Waals surface area contributed by atoms with E-state index in [1.165, 1.54) is 4.46 Å². The number of carbonyl (C=O) groups is 1. The maximum atomic E-state index is 13.3. The molecule has 156 valence electrons. The topological polar surface area (TPSA) is 59.8 Å². The Hall–Kier alpha value is -3.21. The first-order chi connectivity index (χ1) is 15.0. The van der Waals surface area contributed by atoms with Crippen LogP contribution >= 0.6 is 0 Å². The van der Waals surface area contributed by atoms with Crippen molar-refractivity contribution in [3.8, 4) is 0 Å². The van der Waals surface area contributed by atoms with Gasteiger partial charge in [0.1, 0.15) is 0 Å². The molecule has 5 nitrogen and oxygen atoms in total. The maximum absolute atomic E-state index is 13.3. The van der Waals surface area contributed by atoms with Crippen LogP contribution in [-0.2, 0) is 12.1 Å². The van der Waals surface area contributed by atoms with E-state index in [0.717, 1.165) is 15.7 Å². The Morgan fingerprint density at radius 1 is 0.903 bits per heavy atom. The van der Waals surface area contributed by atoms with E-state index in [2.05, 4.69) is 39.9 Å². The molecule has 1 amide bonds. The monoisotopic (exact) mass is 476 g/mol. The van der Waals surface area contributed by atoms with E-state index in [1.807, 2.05) is 85.3 Å².